The summed E-state index contributed by atoms with van der Waals surface area (Å²) in [6, 6.07) is -0.288. The molecule has 0 fully saturated rings. The van der Waals surface area contributed by atoms with Crippen LogP contribution >= 0.6 is 0 Å². The van der Waals surface area contributed by atoms with Crippen molar-refractivity contribution in [2.75, 3.05) is 20.7 Å². The summed E-state index contributed by atoms with van der Waals surface area (Å²) in [5.41, 5.74) is 6.32. The number of carbonyl (C=O) groups is 2. The van der Waals surface area contributed by atoms with Gasteiger partial charge in [-0.05, 0) is 71.1 Å². The molecule has 310 valence electrons. The summed E-state index contributed by atoms with van der Waals surface area (Å²) in [7, 11) is -1.66. The van der Waals surface area contributed by atoms with E-state index in [2.05, 4.69) is 42.3 Å². The van der Waals surface area contributed by atoms with E-state index in [0.29, 0.717) is 25.2 Å². The molecule has 0 spiro atoms. The predicted octanol–water partition coefficient (Wildman–Crippen LogP) is 10.3. The summed E-state index contributed by atoms with van der Waals surface area (Å²) >= 11 is 0. The van der Waals surface area contributed by atoms with Crippen molar-refractivity contribution in [2.45, 2.75) is 213 Å². The first-order valence-electron chi connectivity index (χ1n) is 21.5. The fourth-order valence-corrected chi connectivity index (χ4v) is 6.78. The van der Waals surface area contributed by atoms with Crippen LogP contribution < -0.4 is 5.73 Å². The number of Topliss-reactive ketones (excluding diaryl/α,β-unsaturated/α-hetero) is 1. The van der Waals surface area contributed by atoms with E-state index in [1.54, 1.807) is 4.58 Å². The van der Waals surface area contributed by atoms with Crippen molar-refractivity contribution in [3.05, 3.63) is 24.3 Å². The molecule has 2 atom stereocenters. The van der Waals surface area contributed by atoms with Crippen LogP contribution in [0.15, 0.2) is 24.3 Å². The molecule has 1 heterocycles. The van der Waals surface area contributed by atoms with Crippen LogP contribution in [0.3, 0.4) is 0 Å². The maximum Gasteiger partial charge on any atom is 0.323 e. The molecular formula is C43H81N3O6S. The molecule has 9 nitrogen and oxygen atoms in total. The Kier molecular flexibility index (Phi) is 33.4. The molecule has 10 heteroatoms. The monoisotopic (exact) mass is 768 g/mol. The van der Waals surface area contributed by atoms with E-state index in [4.69, 9.17) is 5.73 Å². The van der Waals surface area contributed by atoms with Gasteiger partial charge in [-0.1, -0.05) is 141 Å². The number of rotatable bonds is 33. The Balaban J connectivity index is 0.00000413. The van der Waals surface area contributed by atoms with Gasteiger partial charge in [0.25, 0.3) is 0 Å². The summed E-state index contributed by atoms with van der Waals surface area (Å²) in [6.07, 6.45) is 42.8. The molecular weight excluding hydrogens is 687 g/mol. The largest absolute Gasteiger partial charge is 0.726 e. The summed E-state index contributed by atoms with van der Waals surface area (Å²) in [5, 5.41) is 0. The Bertz CT molecular complexity index is 1120. The second-order valence-electron chi connectivity index (χ2n) is 15.1. The number of allylic oxidation sites excluding steroid dienone is 4. The second kappa shape index (κ2) is 34.6. The average molecular weight is 768 g/mol. The molecule has 1 amide bonds. The van der Waals surface area contributed by atoms with Crippen molar-refractivity contribution in [1.29, 1.82) is 0 Å². The van der Waals surface area contributed by atoms with Gasteiger partial charge in [-0.25, -0.2) is 13.2 Å². The van der Waals surface area contributed by atoms with Crippen molar-refractivity contribution in [3.63, 3.8) is 0 Å². The lowest BCUT2D eigenvalue weighted by molar-refractivity contribution is -0.480. The van der Waals surface area contributed by atoms with Crippen LogP contribution in [-0.4, -0.2) is 72.8 Å². The minimum Gasteiger partial charge on any atom is -0.726 e. The molecule has 1 aliphatic heterocycles. The van der Waals surface area contributed by atoms with Gasteiger partial charge < -0.3 is 10.3 Å². The number of amides is 1. The quantitative estimate of drug-likeness (QED) is 0.0229. The lowest BCUT2D eigenvalue weighted by atomic mass is 10.1. The summed E-state index contributed by atoms with van der Waals surface area (Å²) in [5.74, 6) is 0.758. The van der Waals surface area contributed by atoms with Crippen LogP contribution in [0.4, 0.5) is 0 Å². The number of amidine groups is 1. The number of likely N-dealkylation sites (N-methyl/N-ethyl adjacent to an activating group) is 1. The van der Waals surface area contributed by atoms with Crippen LogP contribution in [0.5, 0.6) is 0 Å². The van der Waals surface area contributed by atoms with E-state index < -0.39 is 10.4 Å². The number of carbonyl (C=O) groups excluding carboxylic acids is 2. The van der Waals surface area contributed by atoms with Crippen molar-refractivity contribution in [3.8, 4) is 0 Å². The van der Waals surface area contributed by atoms with Gasteiger partial charge in [-0.15, -0.1) is 0 Å². The molecule has 53 heavy (non-hydrogen) atoms. The molecule has 2 unspecified atom stereocenters. The Hall–Kier alpha value is -1.88. The van der Waals surface area contributed by atoms with Crippen molar-refractivity contribution < 1.29 is 31.3 Å². The molecule has 1 rings (SSSR count). The minimum absolute atomic E-state index is 0.0715. The van der Waals surface area contributed by atoms with Gasteiger partial charge >= 0.3 is 11.7 Å². The topological polar surface area (TPSA) is 133 Å². The number of unbranched alkanes of at least 4 members (excludes halogenated alkanes) is 22. The van der Waals surface area contributed by atoms with E-state index >= 15 is 0 Å². The molecule has 0 saturated carbocycles. The zero-order valence-corrected chi connectivity index (χ0v) is 35.6. The molecule has 0 saturated heterocycles. The Morgan fingerprint density at radius 2 is 1.06 bits per heavy atom. The third kappa shape index (κ3) is 29.1. The van der Waals surface area contributed by atoms with E-state index in [1.165, 1.54) is 141 Å². The molecule has 0 bridgehead atoms. The first-order chi connectivity index (χ1) is 25.5. The molecule has 0 radical (unpaired) electrons. The van der Waals surface area contributed by atoms with Crippen LogP contribution in [0.25, 0.3) is 0 Å². The van der Waals surface area contributed by atoms with E-state index in [1.807, 2.05) is 18.9 Å². The van der Waals surface area contributed by atoms with E-state index in [0.717, 1.165) is 32.8 Å². The maximum absolute atomic E-state index is 13.4. The number of ketones is 1. The van der Waals surface area contributed by atoms with Crippen LogP contribution in [-0.2, 0) is 24.2 Å². The fourth-order valence-electron chi connectivity index (χ4n) is 6.78. The Morgan fingerprint density at radius 3 is 1.42 bits per heavy atom. The van der Waals surface area contributed by atoms with Crippen LogP contribution in [0.2, 0.25) is 0 Å². The van der Waals surface area contributed by atoms with Gasteiger partial charge in [0.1, 0.15) is 6.54 Å². The lowest BCUT2D eigenvalue weighted by Gasteiger charge is -2.14. The van der Waals surface area contributed by atoms with Crippen molar-refractivity contribution >= 4 is 27.9 Å². The highest BCUT2D eigenvalue weighted by Crippen LogP contribution is 2.18. The zero-order valence-electron chi connectivity index (χ0n) is 34.8. The Labute approximate surface area is 326 Å². The third-order valence-electron chi connectivity index (χ3n) is 10.0. The van der Waals surface area contributed by atoms with Crippen molar-refractivity contribution in [2.24, 2.45) is 5.73 Å². The second-order valence-corrected chi connectivity index (χ2v) is 16.2. The number of nitrogens with two attached hydrogens (primary N) is 1. The van der Waals surface area contributed by atoms with Gasteiger partial charge in [0, 0.05) is 18.9 Å². The standard InChI is InChI=1S/C42H78N3O2.CH4O4S/c1-5-7-9-11-13-15-17-19-21-23-25-27-29-31-33-35-40(46)42-44(4)37-39(38(3)43)45(42)41(47)36-34-32-30-28-26-24-22-20-18-16-14-12-10-8-6-2;1-5-6(2,3)4/h19-22,38-39H,5-18,23-37,43H2,1-4H3;1H3,(H,2,3,4)/q+1;/p-1/b21-19-,22-20-;. The fraction of sp³-hybridized carbons (Fsp3) is 0.837. The SMILES string of the molecule is CCCCCCCC/C=C\CCCCCCCC(=O)C1=[N+](C(=O)CCCCCCC/C=C\CCCCCCCC)C(C(C)N)CN1C.COS(=O)(=O)[O-]. The van der Waals surface area contributed by atoms with Crippen LogP contribution in [0.1, 0.15) is 201 Å². The maximum atomic E-state index is 13.4. The molecule has 1 aliphatic rings. The van der Waals surface area contributed by atoms with Crippen LogP contribution in [0, 0.1) is 0 Å². The zero-order chi connectivity index (χ0) is 39.6. The van der Waals surface area contributed by atoms with Gasteiger partial charge in [0.05, 0.1) is 14.2 Å². The Morgan fingerprint density at radius 1 is 0.717 bits per heavy atom. The molecule has 0 aromatic rings. The minimum atomic E-state index is -4.41. The normalized spacial score (nSPS) is 15.5. The molecule has 2 N–H and O–H groups in total. The molecule has 0 aliphatic carbocycles. The van der Waals surface area contributed by atoms with Crippen molar-refractivity contribution in [1.82, 2.24) is 4.90 Å². The predicted molar refractivity (Wildman–Crippen MR) is 221 cm³/mol. The van der Waals surface area contributed by atoms with E-state index in [-0.39, 0.29) is 23.8 Å². The molecule has 0 aromatic heterocycles. The highest BCUT2D eigenvalue weighted by Gasteiger charge is 2.44. The summed E-state index contributed by atoms with van der Waals surface area (Å²) in [6.45, 7) is 7.14. The first kappa shape index (κ1) is 51.1. The highest BCUT2D eigenvalue weighted by atomic mass is 32.3. The third-order valence-corrected chi connectivity index (χ3v) is 10.4. The first-order valence-corrected chi connectivity index (χ1v) is 22.8. The van der Waals surface area contributed by atoms with E-state index in [9.17, 15) is 22.6 Å². The lowest BCUT2D eigenvalue weighted by Crippen LogP contribution is -2.44. The van der Waals surface area contributed by atoms with Gasteiger partial charge in [-0.3, -0.25) is 13.9 Å². The molecule has 0 aromatic carbocycles. The number of nitrogens with zero attached hydrogens (tertiary/aromatic N) is 2. The summed E-state index contributed by atoms with van der Waals surface area (Å²) in [4.78, 5) is 28.8. The van der Waals surface area contributed by atoms with Gasteiger partial charge in [0.15, 0.2) is 6.04 Å². The van der Waals surface area contributed by atoms with Gasteiger partial charge in [0.2, 0.25) is 16.2 Å². The summed E-state index contributed by atoms with van der Waals surface area (Å²) < 4.78 is 32.8. The number of hydrogen-bond donors (Lipinski definition) is 1. The number of hydrogen-bond acceptors (Lipinski definition) is 8. The van der Waals surface area contributed by atoms with Gasteiger partial charge in [-0.2, -0.15) is 4.58 Å². The smallest absolute Gasteiger partial charge is 0.323 e. The average Bonchev–Trinajstić information content (AvgIpc) is 3.49. The highest BCUT2D eigenvalue weighted by molar-refractivity contribution is 7.80.